The van der Waals surface area contributed by atoms with Gasteiger partial charge in [-0.05, 0) is 88.7 Å². The number of unbranched alkanes of at least 4 members (excludes halogenated alkanes) is 1. The second kappa shape index (κ2) is 13.2. The summed E-state index contributed by atoms with van der Waals surface area (Å²) in [6, 6.07) is 13.6. The number of carboxylic acids is 1. The number of para-hydroxylation sites is 1. The van der Waals surface area contributed by atoms with Crippen molar-refractivity contribution >= 4 is 38.5 Å². The molecular formula is C30H39N7O2S. The number of aromatic nitrogens is 4. The van der Waals surface area contributed by atoms with E-state index in [0.717, 1.165) is 85.0 Å². The third kappa shape index (κ3) is 7.37. The SMILES string of the molecule is Cc1cc(C)n(CCN(CCCCc2ccc3c(n2)NCCC3)CCC(Nc2nc3ccccc3s2)C(=O)O)n1. The number of hydrogen-bond acceptors (Lipinski definition) is 8. The number of hydrogen-bond donors (Lipinski definition) is 3. The Bertz CT molecular complexity index is 1400. The average molecular weight is 562 g/mol. The molecule has 1 aliphatic heterocycles. The first-order valence-electron chi connectivity index (χ1n) is 14.3. The third-order valence-electron chi connectivity index (χ3n) is 7.46. The second-order valence-electron chi connectivity index (χ2n) is 10.6. The van der Waals surface area contributed by atoms with Crippen molar-refractivity contribution < 1.29 is 9.90 Å². The molecule has 0 bridgehead atoms. The van der Waals surface area contributed by atoms with Crippen LogP contribution >= 0.6 is 11.3 Å². The van der Waals surface area contributed by atoms with Crippen LogP contribution in [0.3, 0.4) is 0 Å². The maximum atomic E-state index is 12.1. The number of aliphatic carboxylic acids is 1. The molecule has 1 aliphatic rings. The van der Waals surface area contributed by atoms with Crippen molar-refractivity contribution in [2.24, 2.45) is 0 Å². The van der Waals surface area contributed by atoms with Crippen LogP contribution in [-0.2, 0) is 24.2 Å². The van der Waals surface area contributed by atoms with Crippen LogP contribution in [-0.4, -0.2) is 67.9 Å². The number of nitrogens with one attached hydrogen (secondary N) is 2. The number of carbonyl (C=O) groups is 1. The van der Waals surface area contributed by atoms with Gasteiger partial charge in [0.15, 0.2) is 5.13 Å². The highest BCUT2D eigenvalue weighted by Crippen LogP contribution is 2.26. The minimum absolute atomic E-state index is 0.487. The predicted octanol–water partition coefficient (Wildman–Crippen LogP) is 5.14. The topological polar surface area (TPSA) is 108 Å². The first-order valence-corrected chi connectivity index (χ1v) is 15.1. The zero-order valence-electron chi connectivity index (χ0n) is 23.4. The zero-order chi connectivity index (χ0) is 27.9. The molecule has 4 heterocycles. The fourth-order valence-corrected chi connectivity index (χ4v) is 6.19. The number of aryl methyl sites for hydroxylation is 4. The van der Waals surface area contributed by atoms with Crippen LogP contribution in [0.2, 0.25) is 0 Å². The Balaban J connectivity index is 1.18. The van der Waals surface area contributed by atoms with Gasteiger partial charge in [0.1, 0.15) is 11.9 Å². The summed E-state index contributed by atoms with van der Waals surface area (Å²) in [6.45, 7) is 8.25. The predicted molar refractivity (Wildman–Crippen MR) is 161 cm³/mol. The normalized spacial score (nSPS) is 13.8. The van der Waals surface area contributed by atoms with Crippen molar-refractivity contribution in [3.05, 3.63) is 65.1 Å². The van der Waals surface area contributed by atoms with Crippen LogP contribution in [0.4, 0.5) is 10.9 Å². The zero-order valence-corrected chi connectivity index (χ0v) is 24.2. The van der Waals surface area contributed by atoms with Gasteiger partial charge in [-0.3, -0.25) is 4.68 Å². The standard InChI is InChI=1S/C30H39N7O2S/c1-21-20-22(2)37(35-21)19-18-36(16-6-5-9-24-13-12-23-8-7-15-31-28(23)32-24)17-14-26(29(38)39)34-30-33-25-10-3-4-11-27(25)40-30/h3-4,10-13,20,26H,5-9,14-19H2,1-2H3,(H,31,32)(H,33,34)(H,38,39). The molecule has 1 aromatic carbocycles. The Labute approximate surface area is 239 Å². The Kier molecular flexibility index (Phi) is 9.28. The molecule has 0 saturated heterocycles. The Morgan fingerprint density at radius 2 is 2.02 bits per heavy atom. The molecule has 0 aliphatic carbocycles. The molecule has 9 nitrogen and oxygen atoms in total. The van der Waals surface area contributed by atoms with E-state index < -0.39 is 12.0 Å². The number of rotatable bonds is 14. The van der Waals surface area contributed by atoms with Crippen molar-refractivity contribution in [3.8, 4) is 0 Å². The Hall–Kier alpha value is -3.50. The highest BCUT2D eigenvalue weighted by molar-refractivity contribution is 7.22. The summed E-state index contributed by atoms with van der Waals surface area (Å²) in [6.07, 6.45) is 5.75. The van der Waals surface area contributed by atoms with E-state index >= 15 is 0 Å². The van der Waals surface area contributed by atoms with Crippen molar-refractivity contribution in [1.82, 2.24) is 24.6 Å². The Morgan fingerprint density at radius 3 is 2.83 bits per heavy atom. The largest absolute Gasteiger partial charge is 0.480 e. The van der Waals surface area contributed by atoms with E-state index in [9.17, 15) is 9.90 Å². The van der Waals surface area contributed by atoms with E-state index in [1.165, 1.54) is 23.3 Å². The maximum Gasteiger partial charge on any atom is 0.326 e. The number of thiazole rings is 1. The van der Waals surface area contributed by atoms with Crippen LogP contribution in [0.25, 0.3) is 10.2 Å². The lowest BCUT2D eigenvalue weighted by atomic mass is 10.1. The van der Waals surface area contributed by atoms with Gasteiger partial charge >= 0.3 is 5.97 Å². The molecule has 0 saturated carbocycles. The number of nitrogens with zero attached hydrogens (tertiary/aromatic N) is 5. The van der Waals surface area contributed by atoms with Crippen LogP contribution in [0, 0.1) is 13.8 Å². The molecule has 0 spiro atoms. The molecular weight excluding hydrogens is 522 g/mol. The highest BCUT2D eigenvalue weighted by atomic mass is 32.1. The number of pyridine rings is 1. The molecule has 0 amide bonds. The molecule has 1 atom stereocenters. The van der Waals surface area contributed by atoms with Crippen LogP contribution in [0.15, 0.2) is 42.5 Å². The van der Waals surface area contributed by atoms with Crippen molar-refractivity contribution in [1.29, 1.82) is 0 Å². The molecule has 1 unspecified atom stereocenters. The van der Waals surface area contributed by atoms with Gasteiger partial charge in [0, 0.05) is 31.0 Å². The fraction of sp³-hybridized carbons (Fsp3) is 0.467. The molecule has 4 aromatic rings. The van der Waals surface area contributed by atoms with Gasteiger partial charge in [-0.25, -0.2) is 14.8 Å². The van der Waals surface area contributed by atoms with Crippen molar-refractivity contribution in [2.75, 3.05) is 36.8 Å². The van der Waals surface area contributed by atoms with Crippen molar-refractivity contribution in [3.63, 3.8) is 0 Å². The van der Waals surface area contributed by atoms with E-state index in [1.807, 2.05) is 35.9 Å². The molecule has 40 heavy (non-hydrogen) atoms. The summed E-state index contributed by atoms with van der Waals surface area (Å²) in [4.78, 5) is 23.9. The quantitative estimate of drug-likeness (QED) is 0.182. The monoisotopic (exact) mass is 561 g/mol. The number of benzene rings is 1. The van der Waals surface area contributed by atoms with E-state index in [4.69, 9.17) is 4.98 Å². The average Bonchev–Trinajstić information content (AvgIpc) is 3.51. The fourth-order valence-electron chi connectivity index (χ4n) is 5.27. The van der Waals surface area contributed by atoms with Gasteiger partial charge in [-0.1, -0.05) is 29.5 Å². The van der Waals surface area contributed by atoms with Gasteiger partial charge in [0.25, 0.3) is 0 Å². The summed E-state index contributed by atoms with van der Waals surface area (Å²) in [5, 5.41) is 21.8. The molecule has 3 N–H and O–H groups in total. The van der Waals surface area contributed by atoms with E-state index in [-0.39, 0.29) is 0 Å². The van der Waals surface area contributed by atoms with Gasteiger partial charge in [0.05, 0.1) is 22.5 Å². The third-order valence-corrected chi connectivity index (χ3v) is 8.43. The van der Waals surface area contributed by atoms with Gasteiger partial charge in [-0.15, -0.1) is 0 Å². The maximum absolute atomic E-state index is 12.1. The Morgan fingerprint density at radius 1 is 1.15 bits per heavy atom. The minimum atomic E-state index is -0.857. The van der Waals surface area contributed by atoms with Crippen LogP contribution in [0.5, 0.6) is 0 Å². The minimum Gasteiger partial charge on any atom is -0.480 e. The van der Waals surface area contributed by atoms with Gasteiger partial charge in [-0.2, -0.15) is 5.10 Å². The van der Waals surface area contributed by atoms with Gasteiger partial charge in [0.2, 0.25) is 0 Å². The molecule has 212 valence electrons. The first kappa shape index (κ1) is 28.0. The second-order valence-corrected chi connectivity index (χ2v) is 11.6. The van der Waals surface area contributed by atoms with E-state index in [1.54, 1.807) is 0 Å². The molecule has 3 aromatic heterocycles. The molecule has 5 rings (SSSR count). The van der Waals surface area contributed by atoms with Crippen LogP contribution in [0.1, 0.15) is 48.3 Å². The van der Waals surface area contributed by atoms with Crippen LogP contribution < -0.4 is 10.6 Å². The number of carboxylic acid groups (broad SMARTS) is 1. The lowest BCUT2D eigenvalue weighted by molar-refractivity contribution is -0.138. The first-order chi connectivity index (χ1) is 19.4. The van der Waals surface area contributed by atoms with E-state index in [0.29, 0.717) is 18.1 Å². The lowest BCUT2D eigenvalue weighted by Gasteiger charge is -2.24. The highest BCUT2D eigenvalue weighted by Gasteiger charge is 2.21. The molecule has 0 radical (unpaired) electrons. The molecule has 0 fully saturated rings. The number of anilines is 2. The van der Waals surface area contributed by atoms with E-state index in [2.05, 4.69) is 50.7 Å². The molecule has 10 heteroatoms. The summed E-state index contributed by atoms with van der Waals surface area (Å²) in [7, 11) is 0. The van der Waals surface area contributed by atoms with Crippen molar-refractivity contribution in [2.45, 2.75) is 65.0 Å². The summed E-state index contributed by atoms with van der Waals surface area (Å²) >= 11 is 1.49. The summed E-state index contributed by atoms with van der Waals surface area (Å²) < 4.78 is 3.09. The summed E-state index contributed by atoms with van der Waals surface area (Å²) in [5.41, 5.74) is 5.49. The lowest BCUT2D eigenvalue weighted by Crippen LogP contribution is -2.36. The van der Waals surface area contributed by atoms with Gasteiger partial charge < -0.3 is 20.6 Å². The summed E-state index contributed by atoms with van der Waals surface area (Å²) in [5.74, 6) is 0.195. The number of fused-ring (bicyclic) bond motifs is 2. The smallest absolute Gasteiger partial charge is 0.326 e.